The van der Waals surface area contributed by atoms with Crippen molar-refractivity contribution in [2.75, 3.05) is 6.54 Å². The van der Waals surface area contributed by atoms with Crippen molar-refractivity contribution >= 4 is 0 Å². The van der Waals surface area contributed by atoms with Crippen LogP contribution in [0.15, 0.2) is 23.8 Å². The van der Waals surface area contributed by atoms with Gasteiger partial charge in [0.05, 0.1) is 0 Å². The van der Waals surface area contributed by atoms with E-state index in [0.29, 0.717) is 11.5 Å². The molecule has 0 amide bonds. The molecule has 2 aliphatic rings. The van der Waals surface area contributed by atoms with Crippen molar-refractivity contribution in [3.05, 3.63) is 23.8 Å². The maximum absolute atomic E-state index is 3.64. The van der Waals surface area contributed by atoms with E-state index in [1.165, 1.54) is 38.5 Å². The molecule has 0 radical (unpaired) electrons. The lowest BCUT2D eigenvalue weighted by atomic mass is 9.73. The molecule has 0 fully saturated rings. The molecule has 90 valence electrons. The van der Waals surface area contributed by atoms with Gasteiger partial charge in [0.15, 0.2) is 0 Å². The Morgan fingerprint density at radius 3 is 2.56 bits per heavy atom. The monoisotopic (exact) mass is 219 g/mol. The van der Waals surface area contributed by atoms with E-state index >= 15 is 0 Å². The summed E-state index contributed by atoms with van der Waals surface area (Å²) in [6.45, 7) is 5.64. The molecule has 0 aliphatic heterocycles. The standard InChI is InChI=1S/C15H25N/c1-13(2)16-12-15(10-6-7-11-15)14-8-4-3-5-9-14/h6-8,13,16H,3-5,9-12H2,1-2H3. The van der Waals surface area contributed by atoms with Gasteiger partial charge in [-0.1, -0.05) is 37.6 Å². The van der Waals surface area contributed by atoms with Crippen LogP contribution < -0.4 is 5.32 Å². The molecule has 0 spiro atoms. The molecular weight excluding hydrogens is 194 g/mol. The molecule has 0 bridgehead atoms. The zero-order chi connectivity index (χ0) is 11.4. The van der Waals surface area contributed by atoms with Gasteiger partial charge in [-0.3, -0.25) is 0 Å². The van der Waals surface area contributed by atoms with Crippen molar-refractivity contribution in [3.63, 3.8) is 0 Å². The first kappa shape index (κ1) is 11.9. The number of allylic oxidation sites excluding steroid dienone is 3. The van der Waals surface area contributed by atoms with Crippen molar-refractivity contribution in [2.24, 2.45) is 5.41 Å². The summed E-state index contributed by atoms with van der Waals surface area (Å²) in [6.07, 6.45) is 15.2. The average Bonchev–Trinajstić information content (AvgIpc) is 2.78. The fourth-order valence-corrected chi connectivity index (χ4v) is 2.94. The Morgan fingerprint density at radius 1 is 1.25 bits per heavy atom. The molecular formula is C15H25N. The Balaban J connectivity index is 2.05. The van der Waals surface area contributed by atoms with Crippen LogP contribution in [0.2, 0.25) is 0 Å². The zero-order valence-corrected chi connectivity index (χ0v) is 10.8. The molecule has 0 saturated carbocycles. The molecule has 16 heavy (non-hydrogen) atoms. The summed E-state index contributed by atoms with van der Waals surface area (Å²) < 4.78 is 0. The Bertz CT molecular complexity index is 278. The van der Waals surface area contributed by atoms with Gasteiger partial charge in [-0.2, -0.15) is 0 Å². The van der Waals surface area contributed by atoms with Gasteiger partial charge < -0.3 is 5.32 Å². The highest BCUT2D eigenvalue weighted by Gasteiger charge is 2.34. The van der Waals surface area contributed by atoms with Gasteiger partial charge in [-0.15, -0.1) is 0 Å². The van der Waals surface area contributed by atoms with Crippen LogP contribution in [0.4, 0.5) is 0 Å². The third-order valence-corrected chi connectivity index (χ3v) is 4.00. The second-order valence-corrected chi connectivity index (χ2v) is 5.67. The van der Waals surface area contributed by atoms with E-state index in [1.807, 2.05) is 0 Å². The first-order valence-electron chi connectivity index (χ1n) is 6.81. The van der Waals surface area contributed by atoms with Crippen LogP contribution in [-0.4, -0.2) is 12.6 Å². The summed E-state index contributed by atoms with van der Waals surface area (Å²) in [5, 5.41) is 3.64. The lowest BCUT2D eigenvalue weighted by Crippen LogP contribution is -2.37. The van der Waals surface area contributed by atoms with Crippen molar-refractivity contribution < 1.29 is 0 Å². The Kier molecular flexibility index (Phi) is 3.86. The number of hydrogen-bond acceptors (Lipinski definition) is 1. The minimum Gasteiger partial charge on any atom is -0.314 e. The normalized spacial score (nSPS) is 23.8. The van der Waals surface area contributed by atoms with Gasteiger partial charge in [0.2, 0.25) is 0 Å². The van der Waals surface area contributed by atoms with Gasteiger partial charge in [0, 0.05) is 18.0 Å². The summed E-state index contributed by atoms with van der Waals surface area (Å²) in [5.41, 5.74) is 2.17. The van der Waals surface area contributed by atoms with Gasteiger partial charge in [-0.05, 0) is 38.5 Å². The zero-order valence-electron chi connectivity index (χ0n) is 10.8. The molecule has 1 heteroatoms. The number of nitrogens with one attached hydrogen (secondary N) is 1. The fourth-order valence-electron chi connectivity index (χ4n) is 2.94. The Hall–Kier alpha value is -0.560. The van der Waals surface area contributed by atoms with Gasteiger partial charge in [0.25, 0.3) is 0 Å². The van der Waals surface area contributed by atoms with Crippen LogP contribution >= 0.6 is 0 Å². The summed E-state index contributed by atoms with van der Waals surface area (Å²) in [4.78, 5) is 0. The predicted octanol–water partition coefficient (Wildman–Crippen LogP) is 3.82. The lowest BCUT2D eigenvalue weighted by molar-refractivity contribution is 0.324. The molecule has 0 unspecified atom stereocenters. The Morgan fingerprint density at radius 2 is 2.00 bits per heavy atom. The smallest absolute Gasteiger partial charge is 0.0106 e. The molecule has 0 aromatic carbocycles. The summed E-state index contributed by atoms with van der Waals surface area (Å²) in [6, 6.07) is 0.599. The van der Waals surface area contributed by atoms with E-state index in [-0.39, 0.29) is 0 Å². The molecule has 0 heterocycles. The van der Waals surface area contributed by atoms with E-state index in [2.05, 4.69) is 37.4 Å². The van der Waals surface area contributed by atoms with Crippen LogP contribution in [0, 0.1) is 5.41 Å². The molecule has 0 atom stereocenters. The highest BCUT2D eigenvalue weighted by molar-refractivity contribution is 5.24. The van der Waals surface area contributed by atoms with E-state index in [0.717, 1.165) is 6.54 Å². The highest BCUT2D eigenvalue weighted by atomic mass is 14.9. The van der Waals surface area contributed by atoms with E-state index in [1.54, 1.807) is 5.57 Å². The first-order valence-corrected chi connectivity index (χ1v) is 6.81. The van der Waals surface area contributed by atoms with Crippen LogP contribution in [0.3, 0.4) is 0 Å². The van der Waals surface area contributed by atoms with Crippen molar-refractivity contribution in [3.8, 4) is 0 Å². The number of hydrogen-bond donors (Lipinski definition) is 1. The largest absolute Gasteiger partial charge is 0.314 e. The maximum Gasteiger partial charge on any atom is 0.0106 e. The molecule has 0 saturated heterocycles. The van der Waals surface area contributed by atoms with E-state index in [4.69, 9.17) is 0 Å². The number of rotatable bonds is 4. The van der Waals surface area contributed by atoms with Crippen LogP contribution in [-0.2, 0) is 0 Å². The van der Waals surface area contributed by atoms with E-state index in [9.17, 15) is 0 Å². The Labute approximate surface area is 100 Å². The molecule has 1 nitrogen and oxygen atoms in total. The SMILES string of the molecule is CC(C)NCC1(C2=CCCCC2)CC=CC1. The third-order valence-electron chi connectivity index (χ3n) is 4.00. The minimum atomic E-state index is 0.435. The summed E-state index contributed by atoms with van der Waals surface area (Å²) in [5.74, 6) is 0. The highest BCUT2D eigenvalue weighted by Crippen LogP contribution is 2.43. The molecule has 2 aliphatic carbocycles. The topological polar surface area (TPSA) is 12.0 Å². The first-order chi connectivity index (χ1) is 7.73. The van der Waals surface area contributed by atoms with Crippen LogP contribution in [0.25, 0.3) is 0 Å². The predicted molar refractivity (Wildman–Crippen MR) is 70.5 cm³/mol. The van der Waals surface area contributed by atoms with Crippen LogP contribution in [0.5, 0.6) is 0 Å². The van der Waals surface area contributed by atoms with Crippen molar-refractivity contribution in [2.45, 2.75) is 58.4 Å². The molecule has 0 aromatic heterocycles. The minimum absolute atomic E-state index is 0.435. The van der Waals surface area contributed by atoms with Gasteiger partial charge >= 0.3 is 0 Å². The van der Waals surface area contributed by atoms with Gasteiger partial charge in [-0.25, -0.2) is 0 Å². The maximum atomic E-state index is 3.64. The van der Waals surface area contributed by atoms with Crippen molar-refractivity contribution in [1.29, 1.82) is 0 Å². The second-order valence-electron chi connectivity index (χ2n) is 5.67. The summed E-state index contributed by atoms with van der Waals surface area (Å²) in [7, 11) is 0. The quantitative estimate of drug-likeness (QED) is 0.709. The second kappa shape index (κ2) is 5.18. The molecule has 0 aromatic rings. The van der Waals surface area contributed by atoms with E-state index < -0.39 is 0 Å². The van der Waals surface area contributed by atoms with Crippen molar-refractivity contribution in [1.82, 2.24) is 5.32 Å². The lowest BCUT2D eigenvalue weighted by Gasteiger charge is -2.35. The molecule has 1 N–H and O–H groups in total. The van der Waals surface area contributed by atoms with Gasteiger partial charge in [0.1, 0.15) is 0 Å². The molecule has 2 rings (SSSR count). The average molecular weight is 219 g/mol. The summed E-state index contributed by atoms with van der Waals surface area (Å²) >= 11 is 0. The van der Waals surface area contributed by atoms with Crippen LogP contribution in [0.1, 0.15) is 52.4 Å². The fraction of sp³-hybridized carbons (Fsp3) is 0.733. The third kappa shape index (κ3) is 2.57.